The van der Waals surface area contributed by atoms with E-state index in [0.717, 1.165) is 29.5 Å². The van der Waals surface area contributed by atoms with Crippen LogP contribution in [0.15, 0.2) is 12.1 Å². The molecule has 0 aliphatic carbocycles. The minimum absolute atomic E-state index is 0.496. The van der Waals surface area contributed by atoms with E-state index in [0.29, 0.717) is 12.5 Å². The van der Waals surface area contributed by atoms with Crippen LogP contribution in [-0.2, 0) is 17.9 Å². The maximum absolute atomic E-state index is 5.19. The summed E-state index contributed by atoms with van der Waals surface area (Å²) >= 11 is 1.61. The van der Waals surface area contributed by atoms with Crippen molar-refractivity contribution in [3.8, 4) is 16.6 Å². The van der Waals surface area contributed by atoms with Gasteiger partial charge in [0.05, 0.1) is 19.4 Å². The molecule has 0 unspecified atom stereocenters. The second kappa shape index (κ2) is 7.28. The SMILES string of the molecule is CCNCc1sc(-c2ccc(OC)nn2)nc1COC. The second-order valence-corrected chi connectivity index (χ2v) is 5.15. The highest BCUT2D eigenvalue weighted by Gasteiger charge is 2.13. The third kappa shape index (κ3) is 3.50. The summed E-state index contributed by atoms with van der Waals surface area (Å²) in [5.41, 5.74) is 1.70. The molecule has 2 heterocycles. The molecule has 0 saturated heterocycles. The summed E-state index contributed by atoms with van der Waals surface area (Å²) in [6, 6.07) is 3.64. The fourth-order valence-corrected chi connectivity index (χ4v) is 2.66. The minimum Gasteiger partial charge on any atom is -0.480 e. The standard InChI is InChI=1S/C13H18N4O2S/c1-4-14-7-11-10(8-18-2)15-13(20-11)9-5-6-12(19-3)17-16-9/h5-6,14H,4,7-8H2,1-3H3. The van der Waals surface area contributed by atoms with Crippen molar-refractivity contribution in [1.29, 1.82) is 0 Å². The molecule has 0 aliphatic heterocycles. The first kappa shape index (κ1) is 14.8. The van der Waals surface area contributed by atoms with Gasteiger partial charge in [0.15, 0.2) is 0 Å². The zero-order valence-corrected chi connectivity index (χ0v) is 12.7. The molecule has 0 bridgehead atoms. The topological polar surface area (TPSA) is 69.2 Å². The average molecular weight is 294 g/mol. The molecule has 1 N–H and O–H groups in total. The number of hydrogen-bond donors (Lipinski definition) is 1. The number of methoxy groups -OCH3 is 2. The molecule has 0 aliphatic rings. The number of thiazole rings is 1. The maximum atomic E-state index is 5.19. The van der Waals surface area contributed by atoms with Crippen molar-refractivity contribution in [2.24, 2.45) is 0 Å². The maximum Gasteiger partial charge on any atom is 0.233 e. The van der Waals surface area contributed by atoms with E-state index in [1.165, 1.54) is 4.88 Å². The van der Waals surface area contributed by atoms with Crippen LogP contribution in [0.1, 0.15) is 17.5 Å². The third-order valence-electron chi connectivity index (χ3n) is 2.66. The highest BCUT2D eigenvalue weighted by molar-refractivity contribution is 7.15. The molecule has 2 aromatic heterocycles. The Morgan fingerprint density at radius 2 is 2.10 bits per heavy atom. The number of nitrogens with zero attached hydrogens (tertiary/aromatic N) is 3. The number of nitrogens with one attached hydrogen (secondary N) is 1. The smallest absolute Gasteiger partial charge is 0.233 e. The van der Waals surface area contributed by atoms with E-state index in [4.69, 9.17) is 9.47 Å². The zero-order valence-electron chi connectivity index (χ0n) is 11.8. The van der Waals surface area contributed by atoms with Gasteiger partial charge in [-0.05, 0) is 12.6 Å². The molecular formula is C13H18N4O2S. The number of rotatable bonds is 7. The fraction of sp³-hybridized carbons (Fsp3) is 0.462. The summed E-state index contributed by atoms with van der Waals surface area (Å²) in [6.07, 6.45) is 0. The van der Waals surface area contributed by atoms with Crippen LogP contribution < -0.4 is 10.1 Å². The molecule has 0 aromatic carbocycles. The fourth-order valence-electron chi connectivity index (χ4n) is 1.66. The van der Waals surface area contributed by atoms with Crippen LogP contribution in [0.4, 0.5) is 0 Å². The van der Waals surface area contributed by atoms with Crippen LogP contribution >= 0.6 is 11.3 Å². The van der Waals surface area contributed by atoms with E-state index in [-0.39, 0.29) is 0 Å². The lowest BCUT2D eigenvalue weighted by atomic mass is 10.3. The van der Waals surface area contributed by atoms with Gasteiger partial charge in [-0.1, -0.05) is 6.92 Å². The molecule has 0 atom stereocenters. The van der Waals surface area contributed by atoms with Crippen molar-refractivity contribution in [2.75, 3.05) is 20.8 Å². The molecule has 0 fully saturated rings. The van der Waals surface area contributed by atoms with Crippen molar-refractivity contribution in [3.63, 3.8) is 0 Å². The summed E-state index contributed by atoms with van der Waals surface area (Å²) in [5, 5.41) is 12.2. The number of ether oxygens (including phenoxy) is 2. The van der Waals surface area contributed by atoms with Crippen LogP contribution in [-0.4, -0.2) is 35.9 Å². The summed E-state index contributed by atoms with van der Waals surface area (Å²) in [6.45, 7) is 4.28. The Balaban J connectivity index is 2.25. The first-order chi connectivity index (χ1) is 9.78. The average Bonchev–Trinajstić information content (AvgIpc) is 2.89. The molecule has 20 heavy (non-hydrogen) atoms. The predicted molar refractivity (Wildman–Crippen MR) is 77.8 cm³/mol. The summed E-state index contributed by atoms with van der Waals surface area (Å²) in [5.74, 6) is 0.496. The number of hydrogen-bond acceptors (Lipinski definition) is 7. The van der Waals surface area contributed by atoms with E-state index in [1.807, 2.05) is 6.07 Å². The largest absolute Gasteiger partial charge is 0.480 e. The molecule has 6 nitrogen and oxygen atoms in total. The lowest BCUT2D eigenvalue weighted by Gasteiger charge is -2.00. The van der Waals surface area contributed by atoms with Gasteiger partial charge < -0.3 is 14.8 Å². The second-order valence-electron chi connectivity index (χ2n) is 4.06. The Hall–Kier alpha value is -1.57. The summed E-state index contributed by atoms with van der Waals surface area (Å²) in [4.78, 5) is 5.76. The Kier molecular flexibility index (Phi) is 5.40. The number of aromatic nitrogens is 3. The lowest BCUT2D eigenvalue weighted by molar-refractivity contribution is 0.181. The monoisotopic (exact) mass is 294 g/mol. The summed E-state index contributed by atoms with van der Waals surface area (Å²) in [7, 11) is 3.24. The molecule has 0 spiro atoms. The van der Waals surface area contributed by atoms with Crippen LogP contribution in [0, 0.1) is 0 Å². The van der Waals surface area contributed by atoms with Gasteiger partial charge in [0.25, 0.3) is 0 Å². The van der Waals surface area contributed by atoms with Crippen molar-refractivity contribution >= 4 is 11.3 Å². The van der Waals surface area contributed by atoms with Gasteiger partial charge in [-0.3, -0.25) is 0 Å². The van der Waals surface area contributed by atoms with E-state index in [2.05, 4.69) is 27.4 Å². The van der Waals surface area contributed by atoms with E-state index < -0.39 is 0 Å². The van der Waals surface area contributed by atoms with Gasteiger partial charge in [-0.2, -0.15) is 0 Å². The van der Waals surface area contributed by atoms with Gasteiger partial charge in [0.1, 0.15) is 10.7 Å². The van der Waals surface area contributed by atoms with Crippen LogP contribution in [0.5, 0.6) is 5.88 Å². The molecule has 2 rings (SSSR count). The van der Waals surface area contributed by atoms with Gasteiger partial charge in [-0.25, -0.2) is 4.98 Å². The quantitative estimate of drug-likeness (QED) is 0.840. The van der Waals surface area contributed by atoms with Gasteiger partial charge >= 0.3 is 0 Å². The van der Waals surface area contributed by atoms with E-state index in [9.17, 15) is 0 Å². The Morgan fingerprint density at radius 1 is 1.25 bits per heavy atom. The van der Waals surface area contributed by atoms with E-state index in [1.54, 1.807) is 31.6 Å². The van der Waals surface area contributed by atoms with Crippen molar-refractivity contribution in [2.45, 2.75) is 20.1 Å². The molecule has 108 valence electrons. The van der Waals surface area contributed by atoms with Crippen LogP contribution in [0.2, 0.25) is 0 Å². The minimum atomic E-state index is 0.496. The normalized spacial score (nSPS) is 10.8. The molecule has 2 aromatic rings. The Bertz CT molecular complexity index is 542. The predicted octanol–water partition coefficient (Wildman–Crippen LogP) is 1.86. The highest BCUT2D eigenvalue weighted by Crippen LogP contribution is 2.27. The Labute approximate surface area is 122 Å². The molecule has 0 radical (unpaired) electrons. The lowest BCUT2D eigenvalue weighted by Crippen LogP contribution is -2.12. The first-order valence-electron chi connectivity index (χ1n) is 6.34. The van der Waals surface area contributed by atoms with E-state index >= 15 is 0 Å². The van der Waals surface area contributed by atoms with Crippen molar-refractivity contribution in [3.05, 3.63) is 22.7 Å². The highest BCUT2D eigenvalue weighted by atomic mass is 32.1. The molecule has 7 heteroatoms. The van der Waals surface area contributed by atoms with Crippen molar-refractivity contribution in [1.82, 2.24) is 20.5 Å². The van der Waals surface area contributed by atoms with Crippen LogP contribution in [0.25, 0.3) is 10.7 Å². The van der Waals surface area contributed by atoms with Crippen LogP contribution in [0.3, 0.4) is 0 Å². The summed E-state index contributed by atoms with van der Waals surface area (Å²) < 4.78 is 10.2. The molecule has 0 amide bonds. The van der Waals surface area contributed by atoms with Crippen molar-refractivity contribution < 1.29 is 9.47 Å². The van der Waals surface area contributed by atoms with Gasteiger partial charge in [0, 0.05) is 24.6 Å². The first-order valence-corrected chi connectivity index (χ1v) is 7.16. The van der Waals surface area contributed by atoms with Gasteiger partial charge in [-0.15, -0.1) is 21.5 Å². The Morgan fingerprint density at radius 3 is 2.70 bits per heavy atom. The third-order valence-corrected chi connectivity index (χ3v) is 3.78. The molecular weight excluding hydrogens is 276 g/mol. The molecule has 0 saturated carbocycles. The van der Waals surface area contributed by atoms with Gasteiger partial charge in [0.2, 0.25) is 5.88 Å². The zero-order chi connectivity index (χ0) is 14.4.